The predicted molar refractivity (Wildman–Crippen MR) is 104 cm³/mol. The van der Waals surface area contributed by atoms with Crippen molar-refractivity contribution in [3.63, 3.8) is 0 Å². The SMILES string of the molecule is c1cc(N(C2CC2)C2CCN(Cc3ccnc(C4CCC4)n3)CC2)ncn1. The lowest BCUT2D eigenvalue weighted by molar-refractivity contribution is 0.198. The Morgan fingerprint density at radius 1 is 0.926 bits per heavy atom. The Labute approximate surface area is 161 Å². The van der Waals surface area contributed by atoms with E-state index in [9.17, 15) is 0 Å². The van der Waals surface area contributed by atoms with Gasteiger partial charge in [-0.3, -0.25) is 4.90 Å². The second-order valence-electron chi connectivity index (χ2n) is 8.25. The first kappa shape index (κ1) is 17.0. The highest BCUT2D eigenvalue weighted by molar-refractivity contribution is 5.41. The Bertz CT molecular complexity index is 750. The van der Waals surface area contributed by atoms with Crippen LogP contribution in [0.15, 0.2) is 30.9 Å². The van der Waals surface area contributed by atoms with Crippen molar-refractivity contribution in [2.24, 2.45) is 0 Å². The van der Waals surface area contributed by atoms with E-state index in [1.165, 1.54) is 50.6 Å². The van der Waals surface area contributed by atoms with E-state index in [0.29, 0.717) is 18.0 Å². The van der Waals surface area contributed by atoms with Crippen LogP contribution in [-0.4, -0.2) is 50.0 Å². The van der Waals surface area contributed by atoms with Crippen LogP contribution in [0, 0.1) is 0 Å². The number of piperidine rings is 1. The summed E-state index contributed by atoms with van der Waals surface area (Å²) in [5.74, 6) is 2.78. The molecule has 27 heavy (non-hydrogen) atoms. The maximum Gasteiger partial charge on any atom is 0.132 e. The zero-order valence-electron chi connectivity index (χ0n) is 15.9. The summed E-state index contributed by atoms with van der Waals surface area (Å²) in [5.41, 5.74) is 1.18. The molecule has 0 N–H and O–H groups in total. The fourth-order valence-corrected chi connectivity index (χ4v) is 4.41. The van der Waals surface area contributed by atoms with Crippen molar-refractivity contribution in [1.29, 1.82) is 0 Å². The highest BCUT2D eigenvalue weighted by Gasteiger charge is 2.36. The van der Waals surface area contributed by atoms with Crippen LogP contribution in [0.5, 0.6) is 0 Å². The van der Waals surface area contributed by atoms with Gasteiger partial charge >= 0.3 is 0 Å². The van der Waals surface area contributed by atoms with Gasteiger partial charge in [0.2, 0.25) is 0 Å². The van der Waals surface area contributed by atoms with Crippen LogP contribution in [0.25, 0.3) is 0 Å². The molecule has 2 saturated carbocycles. The molecule has 3 fully saturated rings. The molecular weight excluding hydrogens is 336 g/mol. The number of nitrogens with zero attached hydrogens (tertiary/aromatic N) is 6. The third kappa shape index (κ3) is 3.81. The van der Waals surface area contributed by atoms with Crippen molar-refractivity contribution in [3.8, 4) is 0 Å². The van der Waals surface area contributed by atoms with Crippen LogP contribution in [0.3, 0.4) is 0 Å². The lowest BCUT2D eigenvalue weighted by atomic mass is 9.85. The largest absolute Gasteiger partial charge is 0.350 e. The molecule has 1 aliphatic heterocycles. The number of hydrogen-bond donors (Lipinski definition) is 0. The van der Waals surface area contributed by atoms with Gasteiger partial charge in [0.05, 0.1) is 5.69 Å². The third-order valence-corrected chi connectivity index (χ3v) is 6.31. The van der Waals surface area contributed by atoms with Crippen molar-refractivity contribution in [2.45, 2.75) is 69.5 Å². The highest BCUT2D eigenvalue weighted by Crippen LogP contribution is 2.36. The number of hydrogen-bond acceptors (Lipinski definition) is 6. The van der Waals surface area contributed by atoms with Crippen molar-refractivity contribution in [1.82, 2.24) is 24.8 Å². The molecule has 2 aromatic rings. The molecule has 0 atom stereocenters. The zero-order chi connectivity index (χ0) is 18.1. The maximum absolute atomic E-state index is 4.85. The molecule has 0 spiro atoms. The maximum atomic E-state index is 4.85. The van der Waals surface area contributed by atoms with E-state index < -0.39 is 0 Å². The second kappa shape index (κ2) is 7.50. The average molecular weight is 364 g/mol. The minimum absolute atomic E-state index is 0.597. The third-order valence-electron chi connectivity index (χ3n) is 6.31. The number of anilines is 1. The fraction of sp³-hybridized carbons (Fsp3) is 0.619. The van der Waals surface area contributed by atoms with Crippen LogP contribution in [0.2, 0.25) is 0 Å². The van der Waals surface area contributed by atoms with Gasteiger partial charge in [0.25, 0.3) is 0 Å². The molecule has 142 valence electrons. The number of likely N-dealkylation sites (tertiary alicyclic amines) is 1. The summed E-state index contributed by atoms with van der Waals surface area (Å²) in [7, 11) is 0. The molecule has 3 aliphatic rings. The molecule has 0 unspecified atom stereocenters. The standard InChI is InChI=1S/C21H28N6/c1-2-16(3-1)21-23-11-6-17(25-21)14-26-12-8-19(9-13-26)27(18-4-5-18)20-7-10-22-15-24-20/h6-7,10-11,15-16,18-19H,1-5,8-9,12-14H2. The Balaban J connectivity index is 1.20. The molecule has 0 bridgehead atoms. The van der Waals surface area contributed by atoms with Crippen molar-refractivity contribution in [3.05, 3.63) is 42.4 Å². The number of aromatic nitrogens is 4. The second-order valence-corrected chi connectivity index (χ2v) is 8.25. The summed E-state index contributed by atoms with van der Waals surface area (Å²) in [6, 6.07) is 5.43. The van der Waals surface area contributed by atoms with Crippen LogP contribution in [0.1, 0.15) is 62.4 Å². The first-order valence-electron chi connectivity index (χ1n) is 10.5. The molecule has 2 aliphatic carbocycles. The van der Waals surface area contributed by atoms with Crippen molar-refractivity contribution < 1.29 is 0 Å². The molecule has 0 radical (unpaired) electrons. The first-order valence-corrected chi connectivity index (χ1v) is 10.5. The van der Waals surface area contributed by atoms with Gasteiger partial charge in [-0.1, -0.05) is 6.42 Å². The summed E-state index contributed by atoms with van der Waals surface area (Å²) < 4.78 is 0. The van der Waals surface area contributed by atoms with Crippen LogP contribution in [-0.2, 0) is 6.54 Å². The molecule has 1 saturated heterocycles. The van der Waals surface area contributed by atoms with Gasteiger partial charge in [-0.2, -0.15) is 0 Å². The molecule has 6 nitrogen and oxygen atoms in total. The summed E-state index contributed by atoms with van der Waals surface area (Å²) in [4.78, 5) is 23.1. The van der Waals surface area contributed by atoms with E-state index in [2.05, 4.69) is 36.9 Å². The van der Waals surface area contributed by atoms with Gasteiger partial charge in [-0.15, -0.1) is 0 Å². The zero-order valence-corrected chi connectivity index (χ0v) is 15.9. The quantitative estimate of drug-likeness (QED) is 0.785. The van der Waals surface area contributed by atoms with Gasteiger partial charge in [-0.25, -0.2) is 19.9 Å². The molecule has 3 heterocycles. The van der Waals surface area contributed by atoms with Gasteiger partial charge in [-0.05, 0) is 50.7 Å². The van der Waals surface area contributed by atoms with Crippen LogP contribution >= 0.6 is 0 Å². The normalized spacial score (nSPS) is 21.8. The van der Waals surface area contributed by atoms with Crippen molar-refractivity contribution >= 4 is 5.82 Å². The van der Waals surface area contributed by atoms with E-state index in [1.54, 1.807) is 6.33 Å². The predicted octanol–water partition coefficient (Wildman–Crippen LogP) is 3.17. The Kier molecular flexibility index (Phi) is 4.74. The molecule has 6 heteroatoms. The van der Waals surface area contributed by atoms with E-state index >= 15 is 0 Å². The lowest BCUT2D eigenvalue weighted by Crippen LogP contribution is -2.46. The van der Waals surface area contributed by atoms with Gasteiger partial charge in [0, 0.05) is 50.0 Å². The van der Waals surface area contributed by atoms with Crippen LogP contribution < -0.4 is 4.90 Å². The first-order chi connectivity index (χ1) is 13.4. The van der Waals surface area contributed by atoms with Crippen LogP contribution in [0.4, 0.5) is 5.82 Å². The van der Waals surface area contributed by atoms with E-state index in [4.69, 9.17) is 4.98 Å². The van der Waals surface area contributed by atoms with Crippen molar-refractivity contribution in [2.75, 3.05) is 18.0 Å². The fourth-order valence-electron chi connectivity index (χ4n) is 4.41. The molecular formula is C21H28N6. The highest BCUT2D eigenvalue weighted by atomic mass is 15.3. The Morgan fingerprint density at radius 2 is 1.74 bits per heavy atom. The minimum Gasteiger partial charge on any atom is -0.350 e. The van der Waals surface area contributed by atoms with Gasteiger partial charge in [0.15, 0.2) is 0 Å². The summed E-state index contributed by atoms with van der Waals surface area (Å²) >= 11 is 0. The van der Waals surface area contributed by atoms with Gasteiger partial charge in [0.1, 0.15) is 18.0 Å². The van der Waals surface area contributed by atoms with E-state index in [1.807, 2.05) is 12.4 Å². The topological polar surface area (TPSA) is 58.0 Å². The van der Waals surface area contributed by atoms with Gasteiger partial charge < -0.3 is 4.90 Å². The number of rotatable bonds is 6. The molecule has 5 rings (SSSR count). The smallest absolute Gasteiger partial charge is 0.132 e. The molecule has 0 amide bonds. The summed E-state index contributed by atoms with van der Waals surface area (Å²) in [6.45, 7) is 3.20. The Hall–Kier alpha value is -2.08. The lowest BCUT2D eigenvalue weighted by Gasteiger charge is -2.39. The molecule has 0 aromatic carbocycles. The molecule has 2 aromatic heterocycles. The summed E-state index contributed by atoms with van der Waals surface area (Å²) in [6.07, 6.45) is 14.3. The van der Waals surface area contributed by atoms with E-state index in [0.717, 1.165) is 31.3 Å². The average Bonchev–Trinajstić information content (AvgIpc) is 3.48. The summed E-state index contributed by atoms with van der Waals surface area (Å²) in [5, 5.41) is 0. The minimum atomic E-state index is 0.597. The van der Waals surface area contributed by atoms with E-state index in [-0.39, 0.29) is 0 Å². The monoisotopic (exact) mass is 364 g/mol. The Morgan fingerprint density at radius 3 is 2.41 bits per heavy atom.